The third kappa shape index (κ3) is 4.07. The normalized spacial score (nSPS) is 12.0. The van der Waals surface area contributed by atoms with Crippen LogP contribution in [0.25, 0.3) is 22.0 Å². The van der Waals surface area contributed by atoms with E-state index in [-0.39, 0.29) is 0 Å². The van der Waals surface area contributed by atoms with Crippen LogP contribution in [0.2, 0.25) is 0 Å². The van der Waals surface area contributed by atoms with Crippen molar-refractivity contribution < 1.29 is 0 Å². The zero-order chi connectivity index (χ0) is 20.1. The second-order valence-corrected chi connectivity index (χ2v) is 7.33. The number of hydrogen-bond acceptors (Lipinski definition) is 1. The van der Waals surface area contributed by atoms with Crippen molar-refractivity contribution in [3.8, 4) is 0 Å². The largest absolute Gasteiger partial charge is 0.278 e. The first-order valence-corrected chi connectivity index (χ1v) is 10.2. The summed E-state index contributed by atoms with van der Waals surface area (Å²) in [7, 11) is 0. The maximum atomic E-state index is 4.20. The molecule has 0 fully saturated rings. The quantitative estimate of drug-likeness (QED) is 0.271. The molecule has 0 aliphatic heterocycles. The van der Waals surface area contributed by atoms with E-state index in [2.05, 4.69) is 96.5 Å². The van der Waals surface area contributed by atoms with Crippen molar-refractivity contribution in [3.63, 3.8) is 0 Å². The highest BCUT2D eigenvalue weighted by Crippen LogP contribution is 2.36. The van der Waals surface area contributed by atoms with E-state index in [9.17, 15) is 0 Å². The van der Waals surface area contributed by atoms with E-state index in [1.54, 1.807) is 0 Å². The maximum absolute atomic E-state index is 4.20. The van der Waals surface area contributed by atoms with Gasteiger partial charge in [0.2, 0.25) is 0 Å². The van der Waals surface area contributed by atoms with Crippen LogP contribution in [-0.2, 0) is 6.42 Å². The molecule has 0 spiro atoms. The number of nitrogens with one attached hydrogen (secondary N) is 1. The van der Waals surface area contributed by atoms with E-state index >= 15 is 0 Å². The van der Waals surface area contributed by atoms with Gasteiger partial charge in [-0.25, -0.2) is 0 Å². The number of fused-ring (bicyclic) bond motifs is 1. The van der Waals surface area contributed by atoms with Crippen molar-refractivity contribution in [2.75, 3.05) is 0 Å². The molecule has 0 aliphatic carbocycles. The molecule has 2 heteroatoms. The minimum Gasteiger partial charge on any atom is -0.278 e. The highest BCUT2D eigenvalue weighted by atomic mass is 15.1. The number of benzene rings is 3. The predicted molar refractivity (Wildman–Crippen MR) is 124 cm³/mol. The van der Waals surface area contributed by atoms with Crippen molar-refractivity contribution in [1.29, 1.82) is 0 Å². The van der Waals surface area contributed by atoms with Gasteiger partial charge >= 0.3 is 0 Å². The Bertz CT molecular complexity index is 1130. The molecule has 1 aromatic heterocycles. The van der Waals surface area contributed by atoms with Crippen LogP contribution in [0.5, 0.6) is 0 Å². The third-order valence-corrected chi connectivity index (χ3v) is 5.28. The van der Waals surface area contributed by atoms with Crippen LogP contribution in [0.4, 0.5) is 0 Å². The number of rotatable bonds is 7. The van der Waals surface area contributed by atoms with E-state index in [0.717, 1.165) is 30.2 Å². The molecule has 0 atom stereocenters. The average molecular weight is 379 g/mol. The number of nitrogens with zero attached hydrogens (tertiary/aromatic N) is 1. The first kappa shape index (κ1) is 18.9. The number of allylic oxidation sites excluding steroid dienone is 2. The summed E-state index contributed by atoms with van der Waals surface area (Å²) >= 11 is 0. The fraction of sp³-hybridized carbons (Fsp3) is 0.148. The first-order chi connectivity index (χ1) is 14.3. The summed E-state index contributed by atoms with van der Waals surface area (Å²) in [6, 6.07) is 26.2. The minimum atomic E-state index is 0.890. The molecule has 1 N–H and O–H groups in total. The van der Waals surface area contributed by atoms with Gasteiger partial charge in [0, 0.05) is 5.39 Å². The Morgan fingerprint density at radius 2 is 1.69 bits per heavy atom. The molecular formula is C27H26N2. The van der Waals surface area contributed by atoms with Gasteiger partial charge in [0.1, 0.15) is 0 Å². The van der Waals surface area contributed by atoms with Gasteiger partial charge in [-0.3, -0.25) is 5.10 Å². The molecule has 144 valence electrons. The summed E-state index contributed by atoms with van der Waals surface area (Å²) in [4.78, 5) is 0. The fourth-order valence-corrected chi connectivity index (χ4v) is 3.89. The highest BCUT2D eigenvalue weighted by Gasteiger charge is 2.14. The minimum absolute atomic E-state index is 0.890. The lowest BCUT2D eigenvalue weighted by Crippen LogP contribution is -1.96. The molecule has 0 radical (unpaired) electrons. The van der Waals surface area contributed by atoms with E-state index in [1.807, 2.05) is 12.3 Å². The summed E-state index contributed by atoms with van der Waals surface area (Å²) in [5.41, 5.74) is 8.78. The summed E-state index contributed by atoms with van der Waals surface area (Å²) in [6.45, 7) is 6.10. The molecule has 4 rings (SSSR count). The van der Waals surface area contributed by atoms with Crippen LogP contribution in [0.1, 0.15) is 42.0 Å². The number of H-pyrrole nitrogens is 1. The lowest BCUT2D eigenvalue weighted by Gasteiger charge is -2.17. The van der Waals surface area contributed by atoms with Crippen molar-refractivity contribution in [1.82, 2.24) is 10.2 Å². The second kappa shape index (κ2) is 8.74. The predicted octanol–water partition coefficient (Wildman–Crippen LogP) is 7.05. The third-order valence-electron chi connectivity index (χ3n) is 5.28. The number of aromatic amines is 1. The van der Waals surface area contributed by atoms with Gasteiger partial charge in [0.15, 0.2) is 0 Å². The molecule has 2 nitrogen and oxygen atoms in total. The first-order valence-electron chi connectivity index (χ1n) is 10.2. The Morgan fingerprint density at radius 3 is 2.41 bits per heavy atom. The standard InChI is InChI=1S/C27H26N2/c1-3-8-20-12-14-22(15-13-20)27(23-16-17-26-24(18-23)19-28-29-26)25(9-4-2)21-10-6-5-7-11-21/h3,5-7,10-19H,1,4,8-9H2,2H3,(H,28,29)/b27-25+. The van der Waals surface area contributed by atoms with Crippen molar-refractivity contribution in [3.05, 3.63) is 114 Å². The lowest BCUT2D eigenvalue weighted by molar-refractivity contribution is 0.974. The topological polar surface area (TPSA) is 28.7 Å². The van der Waals surface area contributed by atoms with Gasteiger partial charge in [-0.2, -0.15) is 5.10 Å². The molecule has 3 aromatic carbocycles. The molecule has 4 aromatic rings. The van der Waals surface area contributed by atoms with Crippen LogP contribution in [-0.4, -0.2) is 10.2 Å². The molecule has 0 saturated carbocycles. The van der Waals surface area contributed by atoms with E-state index in [0.29, 0.717) is 0 Å². The molecule has 0 saturated heterocycles. The smallest absolute Gasteiger partial charge is 0.0650 e. The van der Waals surface area contributed by atoms with Gasteiger partial charge in [-0.05, 0) is 58.4 Å². The van der Waals surface area contributed by atoms with Crippen LogP contribution < -0.4 is 0 Å². The molecule has 0 amide bonds. The van der Waals surface area contributed by atoms with Crippen LogP contribution in [0, 0.1) is 0 Å². The van der Waals surface area contributed by atoms with Crippen molar-refractivity contribution >= 4 is 22.0 Å². The average Bonchev–Trinajstić information content (AvgIpc) is 3.23. The maximum Gasteiger partial charge on any atom is 0.0650 e. The molecule has 0 aliphatic rings. The van der Waals surface area contributed by atoms with E-state index < -0.39 is 0 Å². The number of hydrogen-bond donors (Lipinski definition) is 1. The zero-order valence-corrected chi connectivity index (χ0v) is 16.9. The van der Waals surface area contributed by atoms with Crippen LogP contribution in [0.15, 0.2) is 91.6 Å². The van der Waals surface area contributed by atoms with Crippen molar-refractivity contribution in [2.24, 2.45) is 0 Å². The van der Waals surface area contributed by atoms with Gasteiger partial charge in [-0.15, -0.1) is 6.58 Å². The Morgan fingerprint density at radius 1 is 0.931 bits per heavy atom. The molecule has 0 bridgehead atoms. The monoisotopic (exact) mass is 378 g/mol. The van der Waals surface area contributed by atoms with Crippen molar-refractivity contribution in [2.45, 2.75) is 26.2 Å². The summed E-state index contributed by atoms with van der Waals surface area (Å²) in [6.07, 6.45) is 6.85. The molecule has 29 heavy (non-hydrogen) atoms. The van der Waals surface area contributed by atoms with Gasteiger partial charge < -0.3 is 0 Å². The van der Waals surface area contributed by atoms with E-state index in [1.165, 1.54) is 33.4 Å². The van der Waals surface area contributed by atoms with Gasteiger partial charge in [-0.1, -0.05) is 80.1 Å². The highest BCUT2D eigenvalue weighted by molar-refractivity contribution is 6.00. The van der Waals surface area contributed by atoms with Crippen LogP contribution in [0.3, 0.4) is 0 Å². The number of aromatic nitrogens is 2. The second-order valence-electron chi connectivity index (χ2n) is 7.33. The lowest BCUT2D eigenvalue weighted by atomic mass is 9.86. The van der Waals surface area contributed by atoms with Gasteiger partial charge in [0.05, 0.1) is 11.7 Å². The summed E-state index contributed by atoms with van der Waals surface area (Å²) < 4.78 is 0. The van der Waals surface area contributed by atoms with Crippen LogP contribution >= 0.6 is 0 Å². The van der Waals surface area contributed by atoms with E-state index in [4.69, 9.17) is 0 Å². The Balaban J connectivity index is 1.95. The Kier molecular flexibility index (Phi) is 5.71. The fourth-order valence-electron chi connectivity index (χ4n) is 3.89. The Labute approximate surface area is 172 Å². The SMILES string of the molecule is C=CCc1ccc(/C(=C(/CCC)c2ccccc2)c2ccc3[nH]ncc3c2)cc1. The van der Waals surface area contributed by atoms with Gasteiger partial charge in [0.25, 0.3) is 0 Å². The zero-order valence-electron chi connectivity index (χ0n) is 16.9. The molecule has 1 heterocycles. The Hall–Kier alpha value is -3.39. The molecular weight excluding hydrogens is 352 g/mol. The summed E-state index contributed by atoms with van der Waals surface area (Å²) in [5.74, 6) is 0. The summed E-state index contributed by atoms with van der Waals surface area (Å²) in [5, 5.41) is 8.38. The molecule has 0 unspecified atom stereocenters.